The molecule has 2 rings (SSSR count). The van der Waals surface area contributed by atoms with Crippen LogP contribution in [0.1, 0.15) is 5.56 Å². The van der Waals surface area contributed by atoms with Gasteiger partial charge in [0, 0.05) is 0 Å². The minimum Gasteiger partial charge on any atom is -0.438 e. The monoisotopic (exact) mass is 314 g/mol. The topological polar surface area (TPSA) is 55.2 Å². The standard InChI is InChI=1S/C11H8BrClN2O2/c12-9-10(13)14-6-15-11(9)17-8-3-1-7(5-16)2-4-8/h1-4,6,16H,5H2. The fourth-order valence-corrected chi connectivity index (χ4v) is 1.59. The molecule has 4 nitrogen and oxygen atoms in total. The zero-order valence-electron chi connectivity index (χ0n) is 8.60. The first-order chi connectivity index (χ1) is 8.20. The van der Waals surface area contributed by atoms with Crippen LogP contribution in [0, 0.1) is 0 Å². The fraction of sp³-hybridized carbons (Fsp3) is 0.0909. The van der Waals surface area contributed by atoms with Crippen molar-refractivity contribution in [1.82, 2.24) is 9.97 Å². The third-order valence-corrected chi connectivity index (χ3v) is 3.27. The Hall–Kier alpha value is -1.17. The molecule has 0 aliphatic carbocycles. The lowest BCUT2D eigenvalue weighted by molar-refractivity contribution is 0.281. The lowest BCUT2D eigenvalue weighted by atomic mass is 10.2. The molecular formula is C11H8BrClN2O2. The number of aliphatic hydroxyl groups is 1. The predicted molar refractivity (Wildman–Crippen MR) is 67.2 cm³/mol. The Morgan fingerprint density at radius 3 is 2.59 bits per heavy atom. The number of halogens is 2. The van der Waals surface area contributed by atoms with Gasteiger partial charge < -0.3 is 9.84 Å². The SMILES string of the molecule is OCc1ccc(Oc2ncnc(Cl)c2Br)cc1. The first kappa shape index (κ1) is 12.3. The van der Waals surface area contributed by atoms with E-state index in [9.17, 15) is 0 Å². The Kier molecular flexibility index (Phi) is 3.93. The van der Waals surface area contributed by atoms with E-state index in [1.165, 1.54) is 6.33 Å². The van der Waals surface area contributed by atoms with Gasteiger partial charge in [-0.3, -0.25) is 0 Å². The molecule has 1 N–H and O–H groups in total. The van der Waals surface area contributed by atoms with Crippen molar-refractivity contribution >= 4 is 27.5 Å². The summed E-state index contributed by atoms with van der Waals surface area (Å²) in [4.78, 5) is 7.77. The summed E-state index contributed by atoms with van der Waals surface area (Å²) in [5.41, 5.74) is 0.817. The van der Waals surface area contributed by atoms with E-state index in [4.69, 9.17) is 21.4 Å². The van der Waals surface area contributed by atoms with Crippen molar-refractivity contribution in [1.29, 1.82) is 0 Å². The molecule has 88 valence electrons. The quantitative estimate of drug-likeness (QED) is 0.884. The third kappa shape index (κ3) is 2.94. The smallest absolute Gasteiger partial charge is 0.238 e. The molecule has 1 aromatic heterocycles. The molecule has 1 heterocycles. The van der Waals surface area contributed by atoms with E-state index < -0.39 is 0 Å². The second-order valence-corrected chi connectivity index (χ2v) is 4.34. The van der Waals surface area contributed by atoms with Gasteiger partial charge >= 0.3 is 0 Å². The summed E-state index contributed by atoms with van der Waals surface area (Å²) in [7, 11) is 0. The van der Waals surface area contributed by atoms with Crippen molar-refractivity contribution in [2.45, 2.75) is 6.61 Å². The van der Waals surface area contributed by atoms with Gasteiger partial charge in [-0.2, -0.15) is 0 Å². The van der Waals surface area contributed by atoms with Crippen molar-refractivity contribution < 1.29 is 9.84 Å². The van der Waals surface area contributed by atoms with E-state index in [0.717, 1.165) is 5.56 Å². The van der Waals surface area contributed by atoms with Gasteiger partial charge in [-0.25, -0.2) is 9.97 Å². The van der Waals surface area contributed by atoms with Gasteiger partial charge in [-0.1, -0.05) is 23.7 Å². The minimum absolute atomic E-state index is 0.00328. The van der Waals surface area contributed by atoms with E-state index in [0.29, 0.717) is 21.3 Å². The Morgan fingerprint density at radius 1 is 1.24 bits per heavy atom. The van der Waals surface area contributed by atoms with Crippen LogP contribution in [-0.4, -0.2) is 15.1 Å². The van der Waals surface area contributed by atoms with Crippen LogP contribution in [0.25, 0.3) is 0 Å². The van der Waals surface area contributed by atoms with Crippen molar-refractivity contribution in [2.24, 2.45) is 0 Å². The second kappa shape index (κ2) is 5.44. The summed E-state index contributed by atoms with van der Waals surface area (Å²) in [5, 5.41) is 9.21. The van der Waals surface area contributed by atoms with Crippen LogP contribution in [-0.2, 0) is 6.61 Å². The maximum Gasteiger partial charge on any atom is 0.238 e. The van der Waals surface area contributed by atoms with Crippen LogP contribution in [0.15, 0.2) is 35.1 Å². The van der Waals surface area contributed by atoms with Gasteiger partial charge in [0.15, 0.2) is 5.15 Å². The molecule has 0 fully saturated rings. The first-order valence-corrected chi connectivity index (χ1v) is 5.91. The number of nitrogens with zero attached hydrogens (tertiary/aromatic N) is 2. The Morgan fingerprint density at radius 2 is 1.94 bits per heavy atom. The van der Waals surface area contributed by atoms with E-state index in [1.807, 2.05) is 0 Å². The zero-order chi connectivity index (χ0) is 12.3. The van der Waals surface area contributed by atoms with Gasteiger partial charge in [0.2, 0.25) is 5.88 Å². The summed E-state index contributed by atoms with van der Waals surface area (Å²) in [6.07, 6.45) is 1.32. The second-order valence-electron chi connectivity index (χ2n) is 3.19. The van der Waals surface area contributed by atoms with Crippen molar-refractivity contribution in [2.75, 3.05) is 0 Å². The van der Waals surface area contributed by atoms with Gasteiger partial charge in [0.25, 0.3) is 0 Å². The molecule has 0 aliphatic rings. The number of benzene rings is 1. The minimum atomic E-state index is 0.00328. The maximum absolute atomic E-state index is 8.91. The molecule has 0 bridgehead atoms. The Bertz CT molecular complexity index is 519. The van der Waals surface area contributed by atoms with E-state index >= 15 is 0 Å². The number of hydrogen-bond acceptors (Lipinski definition) is 4. The van der Waals surface area contributed by atoms with Gasteiger partial charge in [0.05, 0.1) is 6.61 Å². The summed E-state index contributed by atoms with van der Waals surface area (Å²) in [5.74, 6) is 0.958. The number of rotatable bonds is 3. The highest BCUT2D eigenvalue weighted by Gasteiger charge is 2.08. The van der Waals surface area contributed by atoms with Gasteiger partial charge in [-0.15, -0.1) is 0 Å². The normalized spacial score (nSPS) is 10.3. The molecule has 0 radical (unpaired) electrons. The van der Waals surface area contributed by atoms with Gasteiger partial charge in [0.1, 0.15) is 16.5 Å². The molecular weight excluding hydrogens is 307 g/mol. The highest BCUT2D eigenvalue weighted by atomic mass is 79.9. The maximum atomic E-state index is 8.91. The first-order valence-electron chi connectivity index (χ1n) is 4.74. The number of aromatic nitrogens is 2. The van der Waals surface area contributed by atoms with E-state index in [1.54, 1.807) is 24.3 Å². The molecule has 17 heavy (non-hydrogen) atoms. The third-order valence-electron chi connectivity index (χ3n) is 2.04. The number of hydrogen-bond donors (Lipinski definition) is 1. The van der Waals surface area contributed by atoms with Crippen LogP contribution in [0.2, 0.25) is 5.15 Å². The summed E-state index contributed by atoms with van der Waals surface area (Å²) in [6.45, 7) is 0.00328. The lowest BCUT2D eigenvalue weighted by Gasteiger charge is -2.07. The zero-order valence-corrected chi connectivity index (χ0v) is 10.9. The molecule has 0 amide bonds. The predicted octanol–water partition coefficient (Wildman–Crippen LogP) is 3.18. The van der Waals surface area contributed by atoms with Crippen LogP contribution in [0.5, 0.6) is 11.6 Å². The average molecular weight is 316 g/mol. The van der Waals surface area contributed by atoms with Crippen LogP contribution >= 0.6 is 27.5 Å². The summed E-state index contributed by atoms with van der Waals surface area (Å²) < 4.78 is 6.03. The highest BCUT2D eigenvalue weighted by molar-refractivity contribution is 9.10. The molecule has 0 aliphatic heterocycles. The van der Waals surface area contributed by atoms with Crippen molar-refractivity contribution in [3.05, 3.63) is 45.8 Å². The lowest BCUT2D eigenvalue weighted by Crippen LogP contribution is -1.92. The van der Waals surface area contributed by atoms with Crippen molar-refractivity contribution in [3.63, 3.8) is 0 Å². The molecule has 0 saturated carbocycles. The summed E-state index contributed by atoms with van der Waals surface area (Å²) >= 11 is 9.06. The molecule has 2 aromatic rings. The van der Waals surface area contributed by atoms with E-state index in [-0.39, 0.29) is 6.61 Å². The highest BCUT2D eigenvalue weighted by Crippen LogP contribution is 2.31. The molecule has 0 atom stereocenters. The molecule has 6 heteroatoms. The van der Waals surface area contributed by atoms with Crippen LogP contribution in [0.3, 0.4) is 0 Å². The average Bonchev–Trinajstić information content (AvgIpc) is 2.36. The summed E-state index contributed by atoms with van der Waals surface area (Å²) in [6, 6.07) is 7.03. The molecule has 0 unspecified atom stereocenters. The van der Waals surface area contributed by atoms with E-state index in [2.05, 4.69) is 25.9 Å². The fourth-order valence-electron chi connectivity index (χ4n) is 1.18. The van der Waals surface area contributed by atoms with Crippen LogP contribution < -0.4 is 4.74 Å². The van der Waals surface area contributed by atoms with Crippen LogP contribution in [0.4, 0.5) is 0 Å². The van der Waals surface area contributed by atoms with Crippen molar-refractivity contribution in [3.8, 4) is 11.6 Å². The Labute approximate surface area is 111 Å². The molecule has 0 spiro atoms. The number of aliphatic hydroxyl groups excluding tert-OH is 1. The molecule has 0 saturated heterocycles. The van der Waals surface area contributed by atoms with Gasteiger partial charge in [-0.05, 0) is 33.6 Å². The number of ether oxygens (including phenoxy) is 1. The molecule has 1 aromatic carbocycles. The Balaban J connectivity index is 2.22. The largest absolute Gasteiger partial charge is 0.438 e.